The molecule has 2 aromatic heterocycles. The lowest BCUT2D eigenvalue weighted by molar-refractivity contribution is 0.265. The van der Waals surface area contributed by atoms with Crippen LogP contribution < -0.4 is 0 Å². The van der Waals surface area contributed by atoms with E-state index in [1.54, 1.807) is 24.5 Å². The Balaban J connectivity index is 1.53. The normalized spacial score (nSPS) is 18.2. The Labute approximate surface area is 170 Å². The van der Waals surface area contributed by atoms with Crippen molar-refractivity contribution in [1.29, 1.82) is 0 Å². The number of sulfonamides is 1. The van der Waals surface area contributed by atoms with Crippen molar-refractivity contribution in [2.75, 3.05) is 13.1 Å². The zero-order valence-corrected chi connectivity index (χ0v) is 17.3. The predicted molar refractivity (Wildman–Crippen MR) is 109 cm³/mol. The number of rotatable bonds is 5. The molecule has 8 heteroatoms. The van der Waals surface area contributed by atoms with E-state index in [2.05, 4.69) is 29.0 Å². The summed E-state index contributed by atoms with van der Waals surface area (Å²) in [5, 5.41) is 4.04. The molecule has 3 aromatic rings. The summed E-state index contributed by atoms with van der Waals surface area (Å²) >= 11 is 0. The third-order valence-corrected chi connectivity index (χ3v) is 7.16. The second-order valence-electron chi connectivity index (χ2n) is 7.62. The highest BCUT2D eigenvalue weighted by Gasteiger charge is 2.33. The Kier molecular flexibility index (Phi) is 5.47. The molecule has 0 bridgehead atoms. The van der Waals surface area contributed by atoms with E-state index in [1.807, 2.05) is 24.3 Å². The number of hydrogen-bond acceptors (Lipinski definition) is 6. The highest BCUT2D eigenvalue weighted by atomic mass is 32.2. The fourth-order valence-electron chi connectivity index (χ4n) is 3.55. The minimum absolute atomic E-state index is 0.119. The lowest BCUT2D eigenvalue weighted by atomic mass is 10.00. The van der Waals surface area contributed by atoms with Crippen LogP contribution >= 0.6 is 0 Å². The third-order valence-electron chi connectivity index (χ3n) is 5.28. The smallest absolute Gasteiger partial charge is 0.243 e. The van der Waals surface area contributed by atoms with Crippen molar-refractivity contribution < 1.29 is 12.9 Å². The van der Waals surface area contributed by atoms with Crippen molar-refractivity contribution in [3.05, 3.63) is 60.2 Å². The SMILES string of the molecule is CC(C)c1ccc(S(=O)(=O)N2CCC[C@@H](c3nc(-c4cccnc4)no3)C2)cc1. The molecule has 1 aliphatic heterocycles. The van der Waals surface area contributed by atoms with Gasteiger partial charge < -0.3 is 4.52 Å². The van der Waals surface area contributed by atoms with E-state index in [4.69, 9.17) is 4.52 Å². The van der Waals surface area contributed by atoms with Crippen molar-refractivity contribution in [3.8, 4) is 11.4 Å². The van der Waals surface area contributed by atoms with Gasteiger partial charge in [-0.1, -0.05) is 31.1 Å². The first-order valence-electron chi connectivity index (χ1n) is 9.79. The van der Waals surface area contributed by atoms with Crippen LogP contribution in [0.15, 0.2) is 58.2 Å². The first-order valence-corrected chi connectivity index (χ1v) is 11.2. The minimum Gasteiger partial charge on any atom is -0.339 e. The number of nitrogens with zero attached hydrogens (tertiary/aromatic N) is 4. The summed E-state index contributed by atoms with van der Waals surface area (Å²) in [5.41, 5.74) is 1.89. The number of pyridine rings is 1. The Bertz CT molecular complexity index is 1060. The van der Waals surface area contributed by atoms with Crippen LogP contribution in [0.5, 0.6) is 0 Å². The molecule has 152 valence electrons. The maximum Gasteiger partial charge on any atom is 0.243 e. The van der Waals surface area contributed by atoms with E-state index in [-0.39, 0.29) is 5.92 Å². The monoisotopic (exact) mass is 412 g/mol. The van der Waals surface area contributed by atoms with Crippen LogP contribution in [0, 0.1) is 0 Å². The molecule has 1 saturated heterocycles. The summed E-state index contributed by atoms with van der Waals surface area (Å²) in [5.74, 6) is 1.18. The number of piperidine rings is 1. The number of hydrogen-bond donors (Lipinski definition) is 0. The Morgan fingerprint density at radius 3 is 2.66 bits per heavy atom. The number of aromatic nitrogens is 3. The van der Waals surface area contributed by atoms with Gasteiger partial charge in [0.05, 0.1) is 10.8 Å². The van der Waals surface area contributed by atoms with Crippen molar-refractivity contribution >= 4 is 10.0 Å². The van der Waals surface area contributed by atoms with Crippen molar-refractivity contribution in [1.82, 2.24) is 19.4 Å². The summed E-state index contributed by atoms with van der Waals surface area (Å²) in [6.45, 7) is 5.00. The van der Waals surface area contributed by atoms with Gasteiger partial charge in [-0.2, -0.15) is 9.29 Å². The van der Waals surface area contributed by atoms with Gasteiger partial charge in [0, 0.05) is 31.0 Å². The Morgan fingerprint density at radius 1 is 1.17 bits per heavy atom. The van der Waals surface area contributed by atoms with E-state index in [9.17, 15) is 8.42 Å². The molecule has 4 rings (SSSR count). The van der Waals surface area contributed by atoms with E-state index < -0.39 is 10.0 Å². The number of benzene rings is 1. The quantitative estimate of drug-likeness (QED) is 0.633. The van der Waals surface area contributed by atoms with Gasteiger partial charge in [-0.15, -0.1) is 0 Å². The first-order chi connectivity index (χ1) is 13.9. The summed E-state index contributed by atoms with van der Waals surface area (Å²) in [4.78, 5) is 8.88. The summed E-state index contributed by atoms with van der Waals surface area (Å²) in [7, 11) is -3.56. The van der Waals surface area contributed by atoms with Crippen LogP contribution in [-0.4, -0.2) is 40.9 Å². The molecule has 1 fully saturated rings. The van der Waals surface area contributed by atoms with E-state index in [0.717, 1.165) is 24.0 Å². The molecule has 0 N–H and O–H groups in total. The van der Waals surface area contributed by atoms with Gasteiger partial charge in [0.25, 0.3) is 0 Å². The van der Waals surface area contributed by atoms with Crippen LogP contribution in [0.25, 0.3) is 11.4 Å². The molecule has 0 unspecified atom stereocenters. The molecule has 1 aromatic carbocycles. The van der Waals surface area contributed by atoms with E-state index in [1.165, 1.54) is 4.31 Å². The Hall–Kier alpha value is -2.58. The second kappa shape index (κ2) is 8.04. The van der Waals surface area contributed by atoms with Crippen molar-refractivity contribution in [2.24, 2.45) is 0 Å². The van der Waals surface area contributed by atoms with Gasteiger partial charge >= 0.3 is 0 Å². The molecule has 0 saturated carbocycles. The van der Waals surface area contributed by atoms with Crippen molar-refractivity contribution in [2.45, 2.75) is 43.4 Å². The topological polar surface area (TPSA) is 89.2 Å². The zero-order valence-electron chi connectivity index (χ0n) is 16.5. The molecule has 1 atom stereocenters. The maximum absolute atomic E-state index is 13.1. The summed E-state index contributed by atoms with van der Waals surface area (Å²) in [6, 6.07) is 10.8. The summed E-state index contributed by atoms with van der Waals surface area (Å²) < 4.78 is 33.2. The predicted octanol–water partition coefficient (Wildman–Crippen LogP) is 3.82. The van der Waals surface area contributed by atoms with Crippen LogP contribution in [-0.2, 0) is 10.0 Å². The van der Waals surface area contributed by atoms with Crippen LogP contribution in [0.1, 0.15) is 50.0 Å². The van der Waals surface area contributed by atoms with Gasteiger partial charge in [-0.05, 0) is 48.6 Å². The highest BCUT2D eigenvalue weighted by molar-refractivity contribution is 7.89. The van der Waals surface area contributed by atoms with Crippen LogP contribution in [0.4, 0.5) is 0 Å². The average Bonchev–Trinajstić information content (AvgIpc) is 3.25. The van der Waals surface area contributed by atoms with Crippen LogP contribution in [0.2, 0.25) is 0 Å². The lowest BCUT2D eigenvalue weighted by Gasteiger charge is -2.30. The molecule has 0 amide bonds. The molecule has 29 heavy (non-hydrogen) atoms. The molecule has 0 radical (unpaired) electrons. The largest absolute Gasteiger partial charge is 0.339 e. The van der Waals surface area contributed by atoms with Gasteiger partial charge in [0.15, 0.2) is 0 Å². The molecule has 0 spiro atoms. The molecular formula is C21H24N4O3S. The molecular weight excluding hydrogens is 388 g/mol. The third kappa shape index (κ3) is 4.09. The van der Waals surface area contributed by atoms with Gasteiger partial charge in [0.2, 0.25) is 21.7 Å². The van der Waals surface area contributed by atoms with Gasteiger partial charge in [-0.25, -0.2) is 8.42 Å². The molecule has 3 heterocycles. The Morgan fingerprint density at radius 2 is 1.97 bits per heavy atom. The minimum atomic E-state index is -3.56. The van der Waals surface area contributed by atoms with Gasteiger partial charge in [-0.3, -0.25) is 4.98 Å². The molecule has 7 nitrogen and oxygen atoms in total. The fraction of sp³-hybridized carbons (Fsp3) is 0.381. The highest BCUT2D eigenvalue weighted by Crippen LogP contribution is 2.31. The fourth-order valence-corrected chi connectivity index (χ4v) is 5.07. The van der Waals surface area contributed by atoms with E-state index >= 15 is 0 Å². The van der Waals surface area contributed by atoms with Crippen molar-refractivity contribution in [3.63, 3.8) is 0 Å². The lowest BCUT2D eigenvalue weighted by Crippen LogP contribution is -2.39. The zero-order chi connectivity index (χ0) is 20.4. The van der Waals surface area contributed by atoms with Crippen LogP contribution in [0.3, 0.4) is 0 Å². The molecule has 1 aliphatic rings. The van der Waals surface area contributed by atoms with E-state index in [0.29, 0.717) is 35.6 Å². The second-order valence-corrected chi connectivity index (χ2v) is 9.56. The first kappa shape index (κ1) is 19.7. The average molecular weight is 413 g/mol. The standard InChI is InChI=1S/C21H24N4O3S/c1-15(2)16-7-9-19(10-8-16)29(26,27)25-12-4-6-18(14-25)21-23-20(24-28-21)17-5-3-11-22-13-17/h3,5,7-11,13,15,18H,4,6,12,14H2,1-2H3/t18-/m1/s1. The van der Waals surface area contributed by atoms with Gasteiger partial charge in [0.1, 0.15) is 0 Å². The molecule has 0 aliphatic carbocycles. The summed E-state index contributed by atoms with van der Waals surface area (Å²) in [6.07, 6.45) is 4.92. The maximum atomic E-state index is 13.1.